The summed E-state index contributed by atoms with van der Waals surface area (Å²) in [6.07, 6.45) is 0.145. The molecule has 0 heterocycles. The fraction of sp³-hybridized carbons (Fsp3) is 0.462. The Morgan fingerprint density at radius 2 is 2.15 bits per heavy atom. The maximum atomic E-state index is 12.3. The molecule has 20 heavy (non-hydrogen) atoms. The van der Waals surface area contributed by atoms with Crippen LogP contribution in [0.1, 0.15) is 25.8 Å². The molecule has 1 amide bonds. The molecule has 0 aliphatic carbocycles. The van der Waals surface area contributed by atoms with Crippen LogP contribution in [0.5, 0.6) is 5.75 Å². The van der Waals surface area contributed by atoms with Gasteiger partial charge in [0.15, 0.2) is 0 Å². The van der Waals surface area contributed by atoms with E-state index in [1.165, 1.54) is 6.07 Å². The predicted molar refractivity (Wildman–Crippen MR) is 75.5 cm³/mol. The number of halogens is 3. The van der Waals surface area contributed by atoms with Crippen molar-refractivity contribution >= 4 is 21.8 Å². The number of primary amides is 1. The lowest BCUT2D eigenvalue weighted by atomic mass is 10.00. The third kappa shape index (κ3) is 5.83. The van der Waals surface area contributed by atoms with E-state index < -0.39 is 18.1 Å². The van der Waals surface area contributed by atoms with E-state index >= 15 is 0 Å². The van der Waals surface area contributed by atoms with Gasteiger partial charge in [-0.25, -0.2) is 0 Å². The minimum atomic E-state index is -2.88. The van der Waals surface area contributed by atoms with Crippen LogP contribution in [0.15, 0.2) is 22.7 Å². The largest absolute Gasteiger partial charge is 0.434 e. The molecule has 0 atom stereocenters. The number of hydrogen-bond donors (Lipinski definition) is 2. The Morgan fingerprint density at radius 1 is 1.50 bits per heavy atom. The molecular formula is C13H17BrF2N2O2. The van der Waals surface area contributed by atoms with E-state index in [1.54, 1.807) is 12.1 Å². The summed E-state index contributed by atoms with van der Waals surface area (Å²) in [6.45, 7) is 1.02. The van der Waals surface area contributed by atoms with Gasteiger partial charge in [-0.1, -0.05) is 15.9 Å². The summed E-state index contributed by atoms with van der Waals surface area (Å²) in [4.78, 5) is 10.9. The Morgan fingerprint density at radius 3 is 2.70 bits per heavy atom. The number of hydrogen-bond acceptors (Lipinski definition) is 3. The fourth-order valence-corrected chi connectivity index (χ4v) is 2.14. The van der Waals surface area contributed by atoms with Crippen molar-refractivity contribution in [3.05, 3.63) is 28.2 Å². The number of benzene rings is 1. The normalized spacial score (nSPS) is 11.7. The molecule has 0 spiro atoms. The lowest BCUT2D eigenvalue weighted by Crippen LogP contribution is -2.42. The van der Waals surface area contributed by atoms with E-state index in [2.05, 4.69) is 26.0 Å². The molecule has 0 aliphatic heterocycles. The molecule has 0 saturated heterocycles. The highest BCUT2D eigenvalue weighted by Crippen LogP contribution is 2.25. The van der Waals surface area contributed by atoms with Crippen LogP contribution < -0.4 is 15.8 Å². The highest BCUT2D eigenvalue weighted by Gasteiger charge is 2.20. The summed E-state index contributed by atoms with van der Waals surface area (Å²) >= 11 is 3.28. The van der Waals surface area contributed by atoms with Gasteiger partial charge in [-0.05, 0) is 32.0 Å². The Kier molecular flexibility index (Phi) is 5.88. The fourth-order valence-electron chi connectivity index (χ4n) is 1.73. The molecule has 3 N–H and O–H groups in total. The van der Waals surface area contributed by atoms with Gasteiger partial charge in [-0.3, -0.25) is 4.79 Å². The van der Waals surface area contributed by atoms with Gasteiger partial charge in [-0.15, -0.1) is 0 Å². The lowest BCUT2D eigenvalue weighted by molar-refractivity contribution is -0.119. The second kappa shape index (κ2) is 6.99. The lowest BCUT2D eigenvalue weighted by Gasteiger charge is -2.25. The first kappa shape index (κ1) is 16.8. The van der Waals surface area contributed by atoms with E-state index in [9.17, 15) is 13.6 Å². The van der Waals surface area contributed by atoms with Crippen molar-refractivity contribution in [2.75, 3.05) is 0 Å². The first-order chi connectivity index (χ1) is 9.19. The van der Waals surface area contributed by atoms with Crippen molar-refractivity contribution in [1.82, 2.24) is 5.32 Å². The predicted octanol–water partition coefficient (Wildman–Crippen LogP) is 2.79. The third-order valence-electron chi connectivity index (χ3n) is 2.61. The minimum absolute atomic E-state index is 0.102. The third-order valence-corrected chi connectivity index (χ3v) is 3.11. The summed E-state index contributed by atoms with van der Waals surface area (Å²) in [7, 11) is 0. The molecule has 0 fully saturated rings. The highest BCUT2D eigenvalue weighted by molar-refractivity contribution is 9.10. The van der Waals surface area contributed by atoms with Crippen LogP contribution in [0.4, 0.5) is 8.78 Å². The van der Waals surface area contributed by atoms with Crippen LogP contribution >= 0.6 is 15.9 Å². The standard InChI is InChI=1S/C13H17BrF2N2O2/c1-13(2,6-11(17)19)18-7-8-5-9(14)3-4-10(8)20-12(15)16/h3-5,12,18H,6-7H2,1-2H3,(H2,17,19). The second-order valence-electron chi connectivity index (χ2n) is 5.01. The average molecular weight is 351 g/mol. The van der Waals surface area contributed by atoms with Crippen molar-refractivity contribution < 1.29 is 18.3 Å². The van der Waals surface area contributed by atoms with Crippen LogP contribution in [0.3, 0.4) is 0 Å². The molecule has 0 bridgehead atoms. The van der Waals surface area contributed by atoms with Gasteiger partial charge in [0.2, 0.25) is 5.91 Å². The first-order valence-electron chi connectivity index (χ1n) is 5.96. The molecular weight excluding hydrogens is 334 g/mol. The molecule has 0 saturated carbocycles. The van der Waals surface area contributed by atoms with Gasteiger partial charge in [0.25, 0.3) is 0 Å². The number of carbonyl (C=O) groups excluding carboxylic acids is 1. The Labute approximate surface area is 124 Å². The number of alkyl halides is 2. The zero-order chi connectivity index (χ0) is 15.3. The quantitative estimate of drug-likeness (QED) is 0.794. The van der Waals surface area contributed by atoms with Gasteiger partial charge in [0, 0.05) is 28.5 Å². The van der Waals surface area contributed by atoms with Gasteiger partial charge < -0.3 is 15.8 Å². The van der Waals surface area contributed by atoms with Crippen LogP contribution in [-0.4, -0.2) is 18.1 Å². The minimum Gasteiger partial charge on any atom is -0.434 e. The molecule has 1 aromatic rings. The van der Waals surface area contributed by atoms with Gasteiger partial charge in [0.05, 0.1) is 0 Å². The van der Waals surface area contributed by atoms with Crippen molar-refractivity contribution in [3.8, 4) is 5.75 Å². The number of amides is 1. The van der Waals surface area contributed by atoms with Crippen LogP contribution in [0, 0.1) is 0 Å². The molecule has 1 aromatic carbocycles. The summed E-state index contributed by atoms with van der Waals surface area (Å²) in [6, 6.07) is 4.77. The topological polar surface area (TPSA) is 64.4 Å². The average Bonchev–Trinajstić information content (AvgIpc) is 2.27. The van der Waals surface area contributed by atoms with Gasteiger partial charge in [-0.2, -0.15) is 8.78 Å². The van der Waals surface area contributed by atoms with E-state index in [-0.39, 0.29) is 18.7 Å². The number of ether oxygens (including phenoxy) is 1. The monoisotopic (exact) mass is 350 g/mol. The molecule has 0 aromatic heterocycles. The zero-order valence-corrected chi connectivity index (χ0v) is 12.8. The van der Waals surface area contributed by atoms with Crippen molar-refractivity contribution in [1.29, 1.82) is 0 Å². The number of nitrogens with one attached hydrogen (secondary N) is 1. The first-order valence-corrected chi connectivity index (χ1v) is 6.75. The SMILES string of the molecule is CC(C)(CC(N)=O)NCc1cc(Br)ccc1OC(F)F. The van der Waals surface area contributed by atoms with E-state index in [4.69, 9.17) is 5.73 Å². The maximum absolute atomic E-state index is 12.3. The van der Waals surface area contributed by atoms with E-state index in [1.807, 2.05) is 13.8 Å². The van der Waals surface area contributed by atoms with Crippen molar-refractivity contribution in [2.24, 2.45) is 5.73 Å². The van der Waals surface area contributed by atoms with Crippen LogP contribution in [0.25, 0.3) is 0 Å². The highest BCUT2D eigenvalue weighted by atomic mass is 79.9. The molecule has 112 valence electrons. The van der Waals surface area contributed by atoms with Crippen LogP contribution in [-0.2, 0) is 11.3 Å². The van der Waals surface area contributed by atoms with Crippen molar-refractivity contribution in [2.45, 2.75) is 39.0 Å². The van der Waals surface area contributed by atoms with Gasteiger partial charge >= 0.3 is 6.61 Å². The summed E-state index contributed by atoms with van der Waals surface area (Å²) in [5, 5.41) is 3.10. The van der Waals surface area contributed by atoms with Gasteiger partial charge in [0.1, 0.15) is 5.75 Å². The number of nitrogens with two attached hydrogens (primary N) is 1. The Hall–Kier alpha value is -1.21. The molecule has 7 heteroatoms. The second-order valence-corrected chi connectivity index (χ2v) is 5.93. The van der Waals surface area contributed by atoms with Crippen molar-refractivity contribution in [3.63, 3.8) is 0 Å². The summed E-state index contributed by atoms with van der Waals surface area (Å²) in [5.74, 6) is -0.327. The van der Waals surface area contributed by atoms with Crippen LogP contribution in [0.2, 0.25) is 0 Å². The molecule has 0 unspecified atom stereocenters. The Bertz CT molecular complexity index is 481. The summed E-state index contributed by atoms with van der Waals surface area (Å²) in [5.41, 5.74) is 5.19. The molecule has 0 aliphatic rings. The summed E-state index contributed by atoms with van der Waals surface area (Å²) < 4.78 is 29.9. The zero-order valence-electron chi connectivity index (χ0n) is 11.3. The molecule has 0 radical (unpaired) electrons. The number of carbonyl (C=O) groups is 1. The Balaban J connectivity index is 2.80. The van der Waals surface area contributed by atoms with E-state index in [0.29, 0.717) is 5.56 Å². The smallest absolute Gasteiger partial charge is 0.387 e. The molecule has 4 nitrogen and oxygen atoms in total. The molecule has 1 rings (SSSR count). The maximum Gasteiger partial charge on any atom is 0.387 e. The number of rotatable bonds is 7. The van der Waals surface area contributed by atoms with E-state index in [0.717, 1.165) is 4.47 Å².